The fourth-order valence-electron chi connectivity index (χ4n) is 2.43. The van der Waals surface area contributed by atoms with E-state index in [0.29, 0.717) is 34.9 Å². The minimum Gasteiger partial charge on any atom is -0.493 e. The molecule has 0 N–H and O–H groups in total. The van der Waals surface area contributed by atoms with Crippen LogP contribution in [0.15, 0.2) is 53.9 Å². The molecule has 140 valence electrons. The Morgan fingerprint density at radius 2 is 1.89 bits per heavy atom. The Morgan fingerprint density at radius 3 is 2.56 bits per heavy atom. The SMILES string of the molecule is CC(=O)c1cccc(OCCc2csc(-c3ccc(C(F)(F)F)cc3)n2)c1. The number of hydrogen-bond acceptors (Lipinski definition) is 4. The normalized spacial score (nSPS) is 11.4. The largest absolute Gasteiger partial charge is 0.493 e. The van der Waals surface area contributed by atoms with E-state index >= 15 is 0 Å². The standard InChI is InChI=1S/C20H16F3NO2S/c1-13(25)15-3-2-4-18(11-15)26-10-9-17-12-27-19(24-17)14-5-7-16(8-6-14)20(21,22)23/h2-8,11-12H,9-10H2,1H3. The Hall–Kier alpha value is -2.67. The highest BCUT2D eigenvalue weighted by molar-refractivity contribution is 7.13. The number of carbonyl (C=O) groups excluding carboxylic acids is 1. The maximum absolute atomic E-state index is 12.6. The molecule has 7 heteroatoms. The van der Waals surface area contributed by atoms with Gasteiger partial charge in [-0.1, -0.05) is 24.3 Å². The quantitative estimate of drug-likeness (QED) is 0.510. The minimum atomic E-state index is -4.34. The number of hydrogen-bond donors (Lipinski definition) is 0. The van der Waals surface area contributed by atoms with Crippen LogP contribution in [0.5, 0.6) is 5.75 Å². The zero-order valence-electron chi connectivity index (χ0n) is 14.4. The van der Waals surface area contributed by atoms with E-state index < -0.39 is 11.7 Å². The van der Waals surface area contributed by atoms with Crippen LogP contribution in [0.25, 0.3) is 10.6 Å². The van der Waals surface area contributed by atoms with Gasteiger partial charge in [-0.15, -0.1) is 11.3 Å². The predicted octanol–water partition coefficient (Wildman–Crippen LogP) is 5.65. The number of ketones is 1. The van der Waals surface area contributed by atoms with Crippen LogP contribution >= 0.6 is 11.3 Å². The van der Waals surface area contributed by atoms with Gasteiger partial charge in [0.1, 0.15) is 10.8 Å². The zero-order chi connectivity index (χ0) is 19.4. The first-order chi connectivity index (χ1) is 12.8. The number of thiazole rings is 1. The van der Waals surface area contributed by atoms with Gasteiger partial charge in [0.2, 0.25) is 0 Å². The highest BCUT2D eigenvalue weighted by Gasteiger charge is 2.30. The molecule has 3 nitrogen and oxygen atoms in total. The molecule has 0 amide bonds. The molecule has 1 aromatic heterocycles. The third-order valence-corrected chi connectivity index (χ3v) is 4.82. The second-order valence-electron chi connectivity index (χ2n) is 5.90. The fourth-order valence-corrected chi connectivity index (χ4v) is 3.29. The third kappa shape index (κ3) is 4.95. The van der Waals surface area contributed by atoms with Gasteiger partial charge in [0.05, 0.1) is 17.9 Å². The molecular formula is C20H16F3NO2S. The predicted molar refractivity (Wildman–Crippen MR) is 98.2 cm³/mol. The topological polar surface area (TPSA) is 39.2 Å². The minimum absolute atomic E-state index is 0.0267. The van der Waals surface area contributed by atoms with Gasteiger partial charge in [-0.05, 0) is 31.2 Å². The van der Waals surface area contributed by atoms with E-state index in [1.807, 2.05) is 5.38 Å². The Kier molecular flexibility index (Phi) is 5.60. The number of rotatable bonds is 6. The van der Waals surface area contributed by atoms with Crippen molar-refractivity contribution in [3.63, 3.8) is 0 Å². The smallest absolute Gasteiger partial charge is 0.416 e. The van der Waals surface area contributed by atoms with Gasteiger partial charge in [-0.3, -0.25) is 4.79 Å². The van der Waals surface area contributed by atoms with Gasteiger partial charge in [0.15, 0.2) is 5.78 Å². The maximum Gasteiger partial charge on any atom is 0.416 e. The van der Waals surface area contributed by atoms with E-state index in [4.69, 9.17) is 4.74 Å². The average Bonchev–Trinajstić information content (AvgIpc) is 3.10. The van der Waals surface area contributed by atoms with E-state index in [-0.39, 0.29) is 5.78 Å². The number of halogens is 3. The number of carbonyl (C=O) groups is 1. The molecule has 0 unspecified atom stereocenters. The fraction of sp³-hybridized carbons (Fsp3) is 0.200. The van der Waals surface area contributed by atoms with Crippen LogP contribution in [0.4, 0.5) is 13.2 Å². The van der Waals surface area contributed by atoms with E-state index in [1.165, 1.54) is 30.4 Å². The van der Waals surface area contributed by atoms with Crippen molar-refractivity contribution >= 4 is 17.1 Å². The highest BCUT2D eigenvalue weighted by Crippen LogP contribution is 2.31. The summed E-state index contributed by atoms with van der Waals surface area (Å²) in [4.78, 5) is 15.8. The van der Waals surface area contributed by atoms with Crippen molar-refractivity contribution < 1.29 is 22.7 Å². The van der Waals surface area contributed by atoms with Crippen LogP contribution in [0, 0.1) is 0 Å². The van der Waals surface area contributed by atoms with Crippen LogP contribution in [0.1, 0.15) is 28.5 Å². The first-order valence-corrected chi connectivity index (χ1v) is 9.07. The number of nitrogens with zero attached hydrogens (tertiary/aromatic N) is 1. The number of benzene rings is 2. The summed E-state index contributed by atoms with van der Waals surface area (Å²) in [6, 6.07) is 11.9. The zero-order valence-corrected chi connectivity index (χ0v) is 15.2. The van der Waals surface area contributed by atoms with Crippen molar-refractivity contribution in [2.75, 3.05) is 6.61 Å². The number of aromatic nitrogens is 1. The maximum atomic E-state index is 12.6. The number of Topliss-reactive ketones (excluding diaryl/α,β-unsaturated/α-hetero) is 1. The molecule has 0 spiro atoms. The van der Waals surface area contributed by atoms with Gasteiger partial charge in [-0.25, -0.2) is 4.98 Å². The second-order valence-corrected chi connectivity index (χ2v) is 6.76. The Morgan fingerprint density at radius 1 is 1.15 bits per heavy atom. The molecule has 0 atom stereocenters. The summed E-state index contributed by atoms with van der Waals surface area (Å²) < 4.78 is 43.5. The molecule has 3 rings (SSSR count). The first-order valence-electron chi connectivity index (χ1n) is 8.19. The Balaban J connectivity index is 1.60. The lowest BCUT2D eigenvalue weighted by atomic mass is 10.1. The molecule has 0 saturated carbocycles. The van der Waals surface area contributed by atoms with Crippen LogP contribution in [0.3, 0.4) is 0 Å². The molecule has 1 heterocycles. The molecule has 0 bridgehead atoms. The monoisotopic (exact) mass is 391 g/mol. The van der Waals surface area contributed by atoms with Crippen LogP contribution < -0.4 is 4.74 Å². The molecule has 0 aliphatic heterocycles. The second kappa shape index (κ2) is 7.92. The number of ether oxygens (including phenoxy) is 1. The van der Waals surface area contributed by atoms with E-state index in [9.17, 15) is 18.0 Å². The van der Waals surface area contributed by atoms with Crippen molar-refractivity contribution in [1.82, 2.24) is 4.98 Å². The molecule has 0 aliphatic carbocycles. The van der Waals surface area contributed by atoms with Gasteiger partial charge in [0, 0.05) is 22.9 Å². The molecule has 0 aliphatic rings. The van der Waals surface area contributed by atoms with Gasteiger partial charge in [0.25, 0.3) is 0 Å². The molecule has 0 fully saturated rings. The van der Waals surface area contributed by atoms with Crippen molar-refractivity contribution in [3.8, 4) is 16.3 Å². The summed E-state index contributed by atoms with van der Waals surface area (Å²) in [7, 11) is 0. The molecular weight excluding hydrogens is 375 g/mol. The molecule has 2 aromatic carbocycles. The molecule has 0 radical (unpaired) electrons. The summed E-state index contributed by atoms with van der Waals surface area (Å²) in [5.74, 6) is 0.585. The van der Waals surface area contributed by atoms with Gasteiger partial charge in [-0.2, -0.15) is 13.2 Å². The first kappa shape index (κ1) is 19.1. The van der Waals surface area contributed by atoms with Crippen LogP contribution in [-0.4, -0.2) is 17.4 Å². The average molecular weight is 391 g/mol. The summed E-state index contributed by atoms with van der Waals surface area (Å²) in [5.41, 5.74) is 1.36. The van der Waals surface area contributed by atoms with Crippen molar-refractivity contribution in [3.05, 3.63) is 70.7 Å². The van der Waals surface area contributed by atoms with Crippen molar-refractivity contribution in [1.29, 1.82) is 0 Å². The van der Waals surface area contributed by atoms with Crippen LogP contribution in [0.2, 0.25) is 0 Å². The lowest BCUT2D eigenvalue weighted by molar-refractivity contribution is -0.137. The summed E-state index contributed by atoms with van der Waals surface area (Å²) in [5, 5.41) is 2.53. The highest BCUT2D eigenvalue weighted by atomic mass is 32.1. The van der Waals surface area contributed by atoms with Crippen molar-refractivity contribution in [2.24, 2.45) is 0 Å². The van der Waals surface area contributed by atoms with Gasteiger partial charge < -0.3 is 4.74 Å². The molecule has 27 heavy (non-hydrogen) atoms. The Labute approximate surface area is 158 Å². The lowest BCUT2D eigenvalue weighted by Crippen LogP contribution is -2.04. The summed E-state index contributed by atoms with van der Waals surface area (Å²) in [6.07, 6.45) is -3.79. The third-order valence-electron chi connectivity index (χ3n) is 3.88. The summed E-state index contributed by atoms with van der Waals surface area (Å²) in [6.45, 7) is 1.88. The molecule has 0 saturated heterocycles. The van der Waals surface area contributed by atoms with Gasteiger partial charge >= 0.3 is 6.18 Å². The molecule has 3 aromatic rings. The summed E-state index contributed by atoms with van der Waals surface area (Å²) >= 11 is 1.38. The Bertz CT molecular complexity index is 933. The number of alkyl halides is 3. The van der Waals surface area contributed by atoms with E-state index in [1.54, 1.807) is 24.3 Å². The van der Waals surface area contributed by atoms with Crippen molar-refractivity contribution in [2.45, 2.75) is 19.5 Å². The van der Waals surface area contributed by atoms with Crippen LogP contribution in [-0.2, 0) is 12.6 Å². The van der Waals surface area contributed by atoms with E-state index in [2.05, 4.69) is 4.98 Å². The van der Waals surface area contributed by atoms with E-state index in [0.717, 1.165) is 17.8 Å². The lowest BCUT2D eigenvalue weighted by Gasteiger charge is -2.06.